The molecule has 0 fully saturated rings. The number of halogens is 2. The molecule has 0 aliphatic carbocycles. The van der Waals surface area contributed by atoms with Crippen LogP contribution in [0.3, 0.4) is 0 Å². The average Bonchev–Trinajstić information content (AvgIpc) is 1.94. The molecule has 0 unspecified atom stereocenters. The van der Waals surface area contributed by atoms with E-state index in [9.17, 15) is 13.6 Å². The monoisotopic (exact) mass is 157 g/mol. The number of rotatable bonds is 1. The molecule has 0 radical (unpaired) electrons. The van der Waals surface area contributed by atoms with E-state index in [1.165, 1.54) is 0 Å². The fourth-order valence-electron chi connectivity index (χ4n) is 0.683. The van der Waals surface area contributed by atoms with Crippen LogP contribution in [0, 0.1) is 11.8 Å². The minimum atomic E-state index is -0.850. The molecule has 0 aliphatic heterocycles. The maximum atomic E-state index is 12.6. The van der Waals surface area contributed by atoms with Crippen LogP contribution in [-0.4, -0.2) is 10.8 Å². The molecule has 0 aliphatic rings. The van der Waals surface area contributed by atoms with E-state index in [4.69, 9.17) is 0 Å². The minimum absolute atomic E-state index is 0.266. The number of aromatic nitrogens is 1. The molecule has 0 amide bonds. The standard InChI is InChI=1S/C7H5F2NO/c1-4(11)5-2-7(9)10-3-6(5)8/h2-3H,1H3. The first-order chi connectivity index (χ1) is 5.11. The smallest absolute Gasteiger partial charge is 0.213 e. The first-order valence-corrected chi connectivity index (χ1v) is 2.93. The van der Waals surface area contributed by atoms with Gasteiger partial charge in [0.15, 0.2) is 11.6 Å². The highest BCUT2D eigenvalue weighted by Crippen LogP contribution is 2.06. The number of hydrogen-bond donors (Lipinski definition) is 0. The van der Waals surface area contributed by atoms with Gasteiger partial charge in [0, 0.05) is 6.07 Å². The molecule has 0 N–H and O–H groups in total. The molecule has 1 aromatic heterocycles. The minimum Gasteiger partial charge on any atom is -0.294 e. The fraction of sp³-hybridized carbons (Fsp3) is 0.143. The van der Waals surface area contributed by atoms with Crippen molar-refractivity contribution in [1.29, 1.82) is 0 Å². The Balaban J connectivity index is 3.23. The molecule has 0 saturated heterocycles. The maximum Gasteiger partial charge on any atom is 0.213 e. The van der Waals surface area contributed by atoms with Gasteiger partial charge in [0.25, 0.3) is 0 Å². The van der Waals surface area contributed by atoms with Crippen molar-refractivity contribution in [2.75, 3.05) is 0 Å². The highest BCUT2D eigenvalue weighted by Gasteiger charge is 2.08. The molecule has 11 heavy (non-hydrogen) atoms. The van der Waals surface area contributed by atoms with Gasteiger partial charge in [0.2, 0.25) is 5.95 Å². The van der Waals surface area contributed by atoms with Crippen LogP contribution in [-0.2, 0) is 0 Å². The lowest BCUT2D eigenvalue weighted by Crippen LogP contribution is -1.99. The van der Waals surface area contributed by atoms with Crippen LogP contribution >= 0.6 is 0 Å². The highest BCUT2D eigenvalue weighted by atomic mass is 19.1. The second kappa shape index (κ2) is 2.74. The van der Waals surface area contributed by atoms with E-state index in [0.717, 1.165) is 13.0 Å². The molecule has 0 saturated carbocycles. The molecule has 0 aromatic carbocycles. The summed E-state index contributed by atoms with van der Waals surface area (Å²) in [4.78, 5) is 13.6. The van der Waals surface area contributed by atoms with E-state index >= 15 is 0 Å². The Morgan fingerprint density at radius 3 is 2.64 bits per heavy atom. The molecular weight excluding hydrogens is 152 g/mol. The van der Waals surface area contributed by atoms with Gasteiger partial charge in [0.1, 0.15) is 0 Å². The van der Waals surface area contributed by atoms with Gasteiger partial charge in [-0.15, -0.1) is 0 Å². The number of nitrogens with zero attached hydrogens (tertiary/aromatic N) is 1. The second-order valence-corrected chi connectivity index (χ2v) is 2.04. The zero-order valence-electron chi connectivity index (χ0n) is 5.77. The zero-order chi connectivity index (χ0) is 8.43. The first kappa shape index (κ1) is 7.78. The quantitative estimate of drug-likeness (QED) is 0.457. The Labute approximate surface area is 61.9 Å². The topological polar surface area (TPSA) is 30.0 Å². The Morgan fingerprint density at radius 2 is 2.18 bits per heavy atom. The van der Waals surface area contributed by atoms with E-state index in [-0.39, 0.29) is 5.56 Å². The van der Waals surface area contributed by atoms with Gasteiger partial charge in [-0.1, -0.05) is 0 Å². The summed E-state index contributed by atoms with van der Waals surface area (Å²) in [5.74, 6) is -2.15. The number of hydrogen-bond acceptors (Lipinski definition) is 2. The predicted molar refractivity (Wildman–Crippen MR) is 34.2 cm³/mol. The van der Waals surface area contributed by atoms with Gasteiger partial charge < -0.3 is 0 Å². The summed E-state index contributed by atoms with van der Waals surface area (Å²) in [6.07, 6.45) is 0.687. The Kier molecular flexibility index (Phi) is 1.94. The van der Waals surface area contributed by atoms with Crippen molar-refractivity contribution in [3.63, 3.8) is 0 Å². The number of Topliss-reactive ketones (excluding diaryl/α,β-unsaturated/α-hetero) is 1. The van der Waals surface area contributed by atoms with E-state index in [1.54, 1.807) is 0 Å². The Hall–Kier alpha value is -1.32. The summed E-state index contributed by atoms with van der Waals surface area (Å²) < 4.78 is 24.8. The average molecular weight is 157 g/mol. The van der Waals surface area contributed by atoms with E-state index in [2.05, 4.69) is 4.98 Å². The Bertz CT molecular complexity index is 298. The molecular formula is C7H5F2NO. The van der Waals surface area contributed by atoms with E-state index < -0.39 is 17.5 Å². The van der Waals surface area contributed by atoms with Crippen LogP contribution in [0.15, 0.2) is 12.3 Å². The number of carbonyl (C=O) groups excluding carboxylic acids is 1. The summed E-state index contributed by atoms with van der Waals surface area (Å²) in [7, 11) is 0. The van der Waals surface area contributed by atoms with Gasteiger partial charge in [-0.25, -0.2) is 9.37 Å². The molecule has 1 aromatic rings. The molecule has 2 nitrogen and oxygen atoms in total. The number of pyridine rings is 1. The third kappa shape index (κ3) is 1.58. The van der Waals surface area contributed by atoms with Crippen LogP contribution in [0.2, 0.25) is 0 Å². The van der Waals surface area contributed by atoms with Crippen LogP contribution in [0.5, 0.6) is 0 Å². The van der Waals surface area contributed by atoms with Gasteiger partial charge in [-0.3, -0.25) is 4.79 Å². The first-order valence-electron chi connectivity index (χ1n) is 2.93. The van der Waals surface area contributed by atoms with Crippen molar-refractivity contribution in [1.82, 2.24) is 4.98 Å². The summed E-state index contributed by atoms with van der Waals surface area (Å²) in [5.41, 5.74) is -0.266. The third-order valence-electron chi connectivity index (χ3n) is 1.20. The summed E-state index contributed by atoms with van der Waals surface area (Å²) >= 11 is 0. The van der Waals surface area contributed by atoms with Gasteiger partial charge >= 0.3 is 0 Å². The van der Waals surface area contributed by atoms with Crippen LogP contribution < -0.4 is 0 Å². The summed E-state index contributed by atoms with van der Waals surface area (Å²) in [5, 5.41) is 0. The highest BCUT2D eigenvalue weighted by molar-refractivity contribution is 5.94. The molecule has 0 atom stereocenters. The molecule has 4 heteroatoms. The van der Waals surface area contributed by atoms with E-state index in [1.807, 2.05) is 0 Å². The van der Waals surface area contributed by atoms with Gasteiger partial charge in [-0.05, 0) is 6.92 Å². The van der Waals surface area contributed by atoms with E-state index in [0.29, 0.717) is 6.20 Å². The van der Waals surface area contributed by atoms with Crippen molar-refractivity contribution in [2.24, 2.45) is 0 Å². The summed E-state index contributed by atoms with van der Waals surface area (Å²) in [6.45, 7) is 1.16. The lowest BCUT2D eigenvalue weighted by molar-refractivity contribution is 0.101. The zero-order valence-corrected chi connectivity index (χ0v) is 5.77. The largest absolute Gasteiger partial charge is 0.294 e. The molecule has 0 spiro atoms. The predicted octanol–water partition coefficient (Wildman–Crippen LogP) is 1.56. The fourth-order valence-corrected chi connectivity index (χ4v) is 0.683. The molecule has 58 valence electrons. The van der Waals surface area contributed by atoms with Gasteiger partial charge in [-0.2, -0.15) is 4.39 Å². The van der Waals surface area contributed by atoms with Crippen LogP contribution in [0.1, 0.15) is 17.3 Å². The van der Waals surface area contributed by atoms with Crippen LogP contribution in [0.25, 0.3) is 0 Å². The second-order valence-electron chi connectivity index (χ2n) is 2.04. The maximum absolute atomic E-state index is 12.6. The lowest BCUT2D eigenvalue weighted by Gasteiger charge is -1.95. The molecule has 0 bridgehead atoms. The third-order valence-corrected chi connectivity index (χ3v) is 1.20. The van der Waals surface area contributed by atoms with Crippen molar-refractivity contribution >= 4 is 5.78 Å². The molecule has 1 rings (SSSR count). The Morgan fingerprint density at radius 1 is 1.55 bits per heavy atom. The number of carbonyl (C=O) groups is 1. The van der Waals surface area contributed by atoms with Crippen molar-refractivity contribution in [3.8, 4) is 0 Å². The lowest BCUT2D eigenvalue weighted by atomic mass is 10.2. The normalized spacial score (nSPS) is 9.73. The summed E-state index contributed by atoms with van der Waals surface area (Å²) in [6, 6.07) is 0.775. The van der Waals surface area contributed by atoms with Crippen molar-refractivity contribution < 1.29 is 13.6 Å². The van der Waals surface area contributed by atoms with Gasteiger partial charge in [0.05, 0.1) is 11.8 Å². The van der Waals surface area contributed by atoms with Crippen LogP contribution in [0.4, 0.5) is 8.78 Å². The number of ketones is 1. The SMILES string of the molecule is CC(=O)c1cc(F)ncc1F. The van der Waals surface area contributed by atoms with Crippen molar-refractivity contribution in [2.45, 2.75) is 6.92 Å². The van der Waals surface area contributed by atoms with Crippen molar-refractivity contribution in [3.05, 3.63) is 29.6 Å². The molecule has 1 heterocycles.